The van der Waals surface area contributed by atoms with Gasteiger partial charge in [-0.2, -0.15) is 0 Å². The normalized spacial score (nSPS) is 15.8. The summed E-state index contributed by atoms with van der Waals surface area (Å²) >= 11 is 0. The number of amides is 1. The Balaban J connectivity index is 1.28. The van der Waals surface area contributed by atoms with Crippen molar-refractivity contribution in [3.05, 3.63) is 97.1 Å². The van der Waals surface area contributed by atoms with Gasteiger partial charge in [0, 0.05) is 29.9 Å². The second-order valence-corrected chi connectivity index (χ2v) is 8.33. The first-order valence-electron chi connectivity index (χ1n) is 11.4. The molecule has 2 heterocycles. The van der Waals surface area contributed by atoms with Crippen LogP contribution in [0.15, 0.2) is 97.1 Å². The number of rotatable bonds is 5. The van der Waals surface area contributed by atoms with E-state index in [0.717, 1.165) is 53.3 Å². The van der Waals surface area contributed by atoms with E-state index in [1.165, 1.54) is 0 Å². The van der Waals surface area contributed by atoms with Crippen molar-refractivity contribution in [1.29, 1.82) is 0 Å². The van der Waals surface area contributed by atoms with Crippen LogP contribution in [-0.2, 0) is 4.79 Å². The van der Waals surface area contributed by atoms with Crippen LogP contribution in [0.25, 0.3) is 22.4 Å². The minimum atomic E-state index is -0.0989. The topological polar surface area (TPSA) is 58.1 Å². The minimum Gasteiger partial charge on any atom is -0.354 e. The lowest BCUT2D eigenvalue weighted by Crippen LogP contribution is -2.41. The number of benzene rings is 3. The van der Waals surface area contributed by atoms with Crippen LogP contribution in [0.2, 0.25) is 0 Å². The molecule has 1 fully saturated rings. The number of aromatic nitrogens is 2. The number of nitrogens with one attached hydrogen (secondary N) is 1. The fraction of sp³-hybridized carbons (Fsp3) is 0.179. The van der Waals surface area contributed by atoms with Crippen LogP contribution >= 0.6 is 0 Å². The van der Waals surface area contributed by atoms with Gasteiger partial charge < -0.3 is 10.2 Å². The summed E-state index contributed by atoms with van der Waals surface area (Å²) in [7, 11) is 0. The van der Waals surface area contributed by atoms with Gasteiger partial charge in [0.1, 0.15) is 0 Å². The van der Waals surface area contributed by atoms with Gasteiger partial charge in [0.2, 0.25) is 5.91 Å². The molecule has 1 aliphatic heterocycles. The molecule has 1 aromatic heterocycles. The van der Waals surface area contributed by atoms with E-state index >= 15 is 0 Å². The Morgan fingerprint density at radius 3 is 2.21 bits per heavy atom. The molecule has 1 N–H and O–H groups in total. The summed E-state index contributed by atoms with van der Waals surface area (Å²) < 4.78 is 0. The third-order valence-electron chi connectivity index (χ3n) is 6.11. The minimum absolute atomic E-state index is 0.0527. The van der Waals surface area contributed by atoms with Crippen LogP contribution in [0.4, 0.5) is 11.5 Å². The average Bonchev–Trinajstić information content (AvgIpc) is 2.90. The molecule has 5 nitrogen and oxygen atoms in total. The highest BCUT2D eigenvalue weighted by molar-refractivity contribution is 5.97. The van der Waals surface area contributed by atoms with Gasteiger partial charge >= 0.3 is 0 Å². The first kappa shape index (κ1) is 20.9. The molecule has 0 aliphatic carbocycles. The van der Waals surface area contributed by atoms with E-state index in [9.17, 15) is 4.79 Å². The van der Waals surface area contributed by atoms with Crippen molar-refractivity contribution in [2.75, 3.05) is 23.3 Å². The summed E-state index contributed by atoms with van der Waals surface area (Å²) in [5.74, 6) is 0.770. The monoisotopic (exact) mass is 434 g/mol. The molecule has 0 saturated carbocycles. The quantitative estimate of drug-likeness (QED) is 0.440. The van der Waals surface area contributed by atoms with Crippen LogP contribution in [0.5, 0.6) is 0 Å². The molecule has 1 aliphatic rings. The molecule has 164 valence electrons. The Bertz CT molecular complexity index is 1210. The van der Waals surface area contributed by atoms with E-state index in [0.29, 0.717) is 6.54 Å². The lowest BCUT2D eigenvalue weighted by Gasteiger charge is -2.32. The van der Waals surface area contributed by atoms with Crippen molar-refractivity contribution in [2.24, 2.45) is 5.92 Å². The molecule has 5 rings (SSSR count). The smallest absolute Gasteiger partial charge is 0.229 e. The molecule has 0 spiro atoms. The van der Waals surface area contributed by atoms with Gasteiger partial charge in [-0.3, -0.25) is 4.79 Å². The van der Waals surface area contributed by atoms with Crippen LogP contribution < -0.4 is 10.2 Å². The van der Waals surface area contributed by atoms with E-state index in [4.69, 9.17) is 0 Å². The number of hydrogen-bond donors (Lipinski definition) is 1. The van der Waals surface area contributed by atoms with Crippen LogP contribution in [0, 0.1) is 5.92 Å². The van der Waals surface area contributed by atoms with Gasteiger partial charge in [0.25, 0.3) is 0 Å². The van der Waals surface area contributed by atoms with E-state index in [-0.39, 0.29) is 11.8 Å². The van der Waals surface area contributed by atoms with Gasteiger partial charge in [0.15, 0.2) is 5.82 Å². The lowest BCUT2D eigenvalue weighted by atomic mass is 9.96. The second-order valence-electron chi connectivity index (χ2n) is 8.33. The standard InChI is InChI=1S/C28H26N4O/c33-28(29-26-16-8-7-15-24(26)21-10-3-1-4-11-21)23-14-9-19-32(20-23)27-18-17-25(30-31-27)22-12-5-2-6-13-22/h1-8,10-13,15-18,23H,9,14,19-20H2,(H,29,33). The molecule has 0 radical (unpaired) electrons. The fourth-order valence-corrected chi connectivity index (χ4v) is 4.35. The molecule has 1 saturated heterocycles. The zero-order valence-electron chi connectivity index (χ0n) is 18.4. The van der Waals surface area contributed by atoms with E-state index in [2.05, 4.69) is 32.5 Å². The van der Waals surface area contributed by atoms with Gasteiger partial charge in [-0.15, -0.1) is 10.2 Å². The van der Waals surface area contributed by atoms with E-state index in [1.807, 2.05) is 84.9 Å². The van der Waals surface area contributed by atoms with Crippen molar-refractivity contribution in [3.8, 4) is 22.4 Å². The van der Waals surface area contributed by atoms with Crippen molar-refractivity contribution in [2.45, 2.75) is 12.8 Å². The summed E-state index contributed by atoms with van der Waals surface area (Å²) in [6.07, 6.45) is 1.81. The largest absolute Gasteiger partial charge is 0.354 e. The highest BCUT2D eigenvalue weighted by atomic mass is 16.1. The molecule has 3 aromatic carbocycles. The van der Waals surface area contributed by atoms with Crippen LogP contribution in [-0.4, -0.2) is 29.2 Å². The maximum atomic E-state index is 13.2. The van der Waals surface area contributed by atoms with Crippen molar-refractivity contribution < 1.29 is 4.79 Å². The zero-order valence-corrected chi connectivity index (χ0v) is 18.4. The van der Waals surface area contributed by atoms with Gasteiger partial charge in [0.05, 0.1) is 11.6 Å². The maximum absolute atomic E-state index is 13.2. The maximum Gasteiger partial charge on any atom is 0.229 e. The molecule has 5 heteroatoms. The molecule has 1 unspecified atom stereocenters. The summed E-state index contributed by atoms with van der Waals surface area (Å²) in [5, 5.41) is 12.0. The highest BCUT2D eigenvalue weighted by Crippen LogP contribution is 2.29. The van der Waals surface area contributed by atoms with Gasteiger partial charge in [-0.25, -0.2) is 0 Å². The molecular weight excluding hydrogens is 408 g/mol. The third-order valence-corrected chi connectivity index (χ3v) is 6.11. The first-order chi connectivity index (χ1) is 16.3. The fourth-order valence-electron chi connectivity index (χ4n) is 4.35. The Morgan fingerprint density at radius 2 is 1.48 bits per heavy atom. The molecule has 1 atom stereocenters. The molecule has 4 aromatic rings. The molecule has 0 bridgehead atoms. The number of anilines is 2. The summed E-state index contributed by atoms with van der Waals surface area (Å²) in [5.41, 5.74) is 4.86. The predicted molar refractivity (Wildman–Crippen MR) is 133 cm³/mol. The predicted octanol–water partition coefficient (Wildman–Crippen LogP) is 5.67. The Labute approximate surface area is 194 Å². The SMILES string of the molecule is O=C(Nc1ccccc1-c1ccccc1)C1CCCN(c2ccc(-c3ccccc3)nn2)C1. The summed E-state index contributed by atoms with van der Waals surface area (Å²) in [6, 6.07) is 32.1. The van der Waals surface area contributed by atoms with Crippen molar-refractivity contribution >= 4 is 17.4 Å². The highest BCUT2D eigenvalue weighted by Gasteiger charge is 2.27. The number of carbonyl (C=O) groups is 1. The Hall–Kier alpha value is -3.99. The summed E-state index contributed by atoms with van der Waals surface area (Å²) in [6.45, 7) is 1.52. The Kier molecular flexibility index (Phi) is 6.11. The number of carbonyl (C=O) groups excluding carboxylic acids is 1. The lowest BCUT2D eigenvalue weighted by molar-refractivity contribution is -0.120. The third kappa shape index (κ3) is 4.77. The van der Waals surface area contributed by atoms with Crippen LogP contribution in [0.3, 0.4) is 0 Å². The second kappa shape index (κ2) is 9.65. The zero-order chi connectivity index (χ0) is 22.5. The number of hydrogen-bond acceptors (Lipinski definition) is 4. The number of para-hydroxylation sites is 1. The summed E-state index contributed by atoms with van der Waals surface area (Å²) in [4.78, 5) is 15.4. The molecule has 33 heavy (non-hydrogen) atoms. The van der Waals surface area contributed by atoms with Crippen LogP contribution in [0.1, 0.15) is 12.8 Å². The van der Waals surface area contributed by atoms with Gasteiger partial charge in [-0.1, -0.05) is 78.9 Å². The average molecular weight is 435 g/mol. The van der Waals surface area contributed by atoms with E-state index in [1.54, 1.807) is 0 Å². The number of nitrogens with zero attached hydrogens (tertiary/aromatic N) is 3. The molecular formula is C28H26N4O. The van der Waals surface area contributed by atoms with Crippen molar-refractivity contribution in [1.82, 2.24) is 10.2 Å². The number of piperidine rings is 1. The molecule has 1 amide bonds. The van der Waals surface area contributed by atoms with E-state index < -0.39 is 0 Å². The first-order valence-corrected chi connectivity index (χ1v) is 11.4. The van der Waals surface area contributed by atoms with Gasteiger partial charge in [-0.05, 0) is 36.6 Å². The Morgan fingerprint density at radius 1 is 0.788 bits per heavy atom. The van der Waals surface area contributed by atoms with Crippen molar-refractivity contribution in [3.63, 3.8) is 0 Å².